The zero-order valence-corrected chi connectivity index (χ0v) is 20.6. The van der Waals surface area contributed by atoms with Crippen LogP contribution in [0.15, 0.2) is 42.5 Å². The summed E-state index contributed by atoms with van der Waals surface area (Å²) in [7, 11) is 0. The Bertz CT molecular complexity index is 1070. The van der Waals surface area contributed by atoms with Gasteiger partial charge in [-0.1, -0.05) is 35.9 Å². The summed E-state index contributed by atoms with van der Waals surface area (Å²) in [5, 5.41) is 11.7. The van der Waals surface area contributed by atoms with E-state index in [1.54, 1.807) is 0 Å². The van der Waals surface area contributed by atoms with Crippen molar-refractivity contribution in [1.29, 1.82) is 0 Å². The summed E-state index contributed by atoms with van der Waals surface area (Å²) >= 11 is 6.35. The van der Waals surface area contributed by atoms with Crippen LogP contribution < -0.4 is 0 Å². The molecular weight excluding hydrogens is 456 g/mol. The Morgan fingerprint density at radius 3 is 2.62 bits per heavy atom. The molecule has 0 amide bonds. The van der Waals surface area contributed by atoms with Gasteiger partial charge in [0.15, 0.2) is 0 Å². The molecule has 0 N–H and O–H groups in total. The lowest BCUT2D eigenvalue weighted by atomic mass is 9.83. The van der Waals surface area contributed by atoms with Gasteiger partial charge in [-0.05, 0) is 62.8 Å². The molecule has 1 saturated heterocycles. The van der Waals surface area contributed by atoms with Crippen LogP contribution in [0.2, 0.25) is 5.02 Å². The summed E-state index contributed by atoms with van der Waals surface area (Å²) in [6, 6.07) is 12.7. The molecule has 2 aromatic carbocycles. The van der Waals surface area contributed by atoms with Crippen molar-refractivity contribution in [2.24, 2.45) is 5.92 Å². The highest BCUT2D eigenvalue weighted by Gasteiger charge is 2.43. The van der Waals surface area contributed by atoms with E-state index in [9.17, 15) is 14.9 Å². The van der Waals surface area contributed by atoms with E-state index in [0.29, 0.717) is 23.7 Å². The second kappa shape index (κ2) is 9.64. The maximum Gasteiger partial charge on any atom is 0.311 e. The molecule has 2 aliphatic rings. The number of carbonyl (C=O) groups is 1. The van der Waals surface area contributed by atoms with Crippen LogP contribution in [0.3, 0.4) is 0 Å². The van der Waals surface area contributed by atoms with Crippen molar-refractivity contribution >= 4 is 23.3 Å². The van der Waals surface area contributed by atoms with Gasteiger partial charge in [0.2, 0.25) is 0 Å². The topological polar surface area (TPSA) is 81.9 Å². The zero-order valence-electron chi connectivity index (χ0n) is 19.9. The summed E-state index contributed by atoms with van der Waals surface area (Å²) in [5.74, 6) is -0.817. The molecule has 1 spiro atoms. The maximum atomic E-state index is 13.1. The zero-order chi connectivity index (χ0) is 24.5. The van der Waals surface area contributed by atoms with E-state index in [1.165, 1.54) is 29.3 Å². The van der Waals surface area contributed by atoms with Crippen molar-refractivity contribution in [3.8, 4) is 0 Å². The van der Waals surface area contributed by atoms with Crippen LogP contribution in [0.1, 0.15) is 50.3 Å². The molecular formula is C26H31ClN2O5. The number of ether oxygens (including phenoxy) is 2. The molecule has 2 aromatic rings. The van der Waals surface area contributed by atoms with E-state index >= 15 is 0 Å². The number of hydrogen-bond acceptors (Lipinski definition) is 6. The molecule has 182 valence electrons. The molecule has 1 fully saturated rings. The van der Waals surface area contributed by atoms with Crippen molar-refractivity contribution < 1.29 is 19.2 Å². The van der Waals surface area contributed by atoms with Crippen LogP contribution in [0.4, 0.5) is 5.69 Å². The Morgan fingerprint density at radius 1 is 1.24 bits per heavy atom. The van der Waals surface area contributed by atoms with Gasteiger partial charge in [-0.3, -0.25) is 14.9 Å². The number of nitro benzene ring substituents is 1. The minimum absolute atomic E-state index is 0.0423. The highest BCUT2D eigenvalue weighted by atomic mass is 35.5. The summed E-state index contributed by atoms with van der Waals surface area (Å²) in [4.78, 5) is 26.2. The number of halogens is 1. The monoisotopic (exact) mass is 486 g/mol. The smallest absolute Gasteiger partial charge is 0.311 e. The minimum atomic E-state index is -0.630. The van der Waals surface area contributed by atoms with Gasteiger partial charge in [0.05, 0.1) is 23.0 Å². The van der Waals surface area contributed by atoms with E-state index in [4.69, 9.17) is 21.1 Å². The lowest BCUT2D eigenvalue weighted by Gasteiger charge is -2.40. The fourth-order valence-electron chi connectivity index (χ4n) is 4.91. The van der Waals surface area contributed by atoms with Crippen LogP contribution in [0.25, 0.3) is 0 Å². The molecule has 4 rings (SSSR count). The standard InChI is InChI=1S/C26H31ClN2O5/c1-25(2,3)34-24(30)20(14-19-15-21(29(31)32)8-9-23(19)27)16-28-12-10-26(11-13-28)22-7-5-4-6-18(22)17-33-26/h4-9,15,20H,10-14,16-17H2,1-3H3. The number of fused-ring (bicyclic) bond motifs is 2. The maximum absolute atomic E-state index is 13.1. The van der Waals surface area contributed by atoms with Crippen LogP contribution >= 0.6 is 11.6 Å². The van der Waals surface area contributed by atoms with Gasteiger partial charge >= 0.3 is 5.97 Å². The first-order valence-corrected chi connectivity index (χ1v) is 12.0. The molecule has 0 bridgehead atoms. The van der Waals surface area contributed by atoms with Gasteiger partial charge < -0.3 is 14.4 Å². The molecule has 1 unspecified atom stereocenters. The number of hydrogen-bond donors (Lipinski definition) is 0. The number of likely N-dealkylation sites (tertiary alicyclic amines) is 1. The molecule has 0 aliphatic carbocycles. The minimum Gasteiger partial charge on any atom is -0.460 e. The lowest BCUT2D eigenvalue weighted by molar-refractivity contribution is -0.384. The Morgan fingerprint density at radius 2 is 1.94 bits per heavy atom. The number of rotatable bonds is 6. The van der Waals surface area contributed by atoms with Crippen LogP contribution in [-0.4, -0.2) is 41.0 Å². The highest BCUT2D eigenvalue weighted by molar-refractivity contribution is 6.31. The van der Waals surface area contributed by atoms with Crippen LogP contribution in [-0.2, 0) is 32.9 Å². The molecule has 34 heavy (non-hydrogen) atoms. The van der Waals surface area contributed by atoms with Gasteiger partial charge in [0.1, 0.15) is 5.60 Å². The van der Waals surface area contributed by atoms with Gasteiger partial charge in [-0.2, -0.15) is 0 Å². The Kier molecular flexibility index (Phi) is 6.99. The average Bonchev–Trinajstić information content (AvgIpc) is 3.13. The van der Waals surface area contributed by atoms with Crippen molar-refractivity contribution in [2.75, 3.05) is 19.6 Å². The fraction of sp³-hybridized carbons (Fsp3) is 0.500. The van der Waals surface area contributed by atoms with Gasteiger partial charge in [-0.25, -0.2) is 0 Å². The van der Waals surface area contributed by atoms with E-state index in [0.717, 1.165) is 25.9 Å². The van der Waals surface area contributed by atoms with E-state index in [2.05, 4.69) is 23.1 Å². The summed E-state index contributed by atoms with van der Waals surface area (Å²) in [6.07, 6.45) is 1.97. The molecule has 8 heteroatoms. The Hall–Kier alpha value is -2.48. The molecule has 0 radical (unpaired) electrons. The lowest BCUT2D eigenvalue weighted by Crippen LogP contribution is -2.46. The largest absolute Gasteiger partial charge is 0.460 e. The normalized spacial score (nSPS) is 18.5. The van der Waals surface area contributed by atoms with Crippen LogP contribution in [0, 0.1) is 16.0 Å². The Labute approximate surface area is 205 Å². The number of carbonyl (C=O) groups excluding carboxylic acids is 1. The third-order valence-corrected chi connectivity index (χ3v) is 6.97. The third kappa shape index (κ3) is 5.43. The van der Waals surface area contributed by atoms with Crippen molar-refractivity contribution in [1.82, 2.24) is 4.90 Å². The number of non-ortho nitro benzene ring substituents is 1. The molecule has 7 nitrogen and oxygen atoms in total. The fourth-order valence-corrected chi connectivity index (χ4v) is 5.11. The van der Waals surface area contributed by atoms with Crippen molar-refractivity contribution in [3.63, 3.8) is 0 Å². The van der Waals surface area contributed by atoms with E-state index < -0.39 is 16.4 Å². The van der Waals surface area contributed by atoms with Crippen molar-refractivity contribution in [2.45, 2.75) is 57.8 Å². The van der Waals surface area contributed by atoms with Gasteiger partial charge in [0, 0.05) is 36.8 Å². The molecule has 2 aliphatic heterocycles. The second-order valence-electron chi connectivity index (χ2n) is 10.2. The molecule has 0 aromatic heterocycles. The first-order valence-electron chi connectivity index (χ1n) is 11.7. The summed E-state index contributed by atoms with van der Waals surface area (Å²) in [5.41, 5.74) is 2.18. The molecule has 1 atom stereocenters. The van der Waals surface area contributed by atoms with Crippen LogP contribution in [0.5, 0.6) is 0 Å². The first kappa shape index (κ1) is 24.6. The Balaban J connectivity index is 1.49. The van der Waals surface area contributed by atoms with Crippen molar-refractivity contribution in [3.05, 3.63) is 74.3 Å². The first-order chi connectivity index (χ1) is 16.1. The SMILES string of the molecule is CC(C)(C)OC(=O)C(Cc1cc([N+](=O)[O-])ccc1Cl)CN1CCC2(CC1)OCc1ccccc12. The predicted molar refractivity (Wildman–Crippen MR) is 130 cm³/mol. The molecule has 0 saturated carbocycles. The quantitative estimate of drug-likeness (QED) is 0.314. The summed E-state index contributed by atoms with van der Waals surface area (Å²) < 4.78 is 12.0. The third-order valence-electron chi connectivity index (χ3n) is 6.60. The number of esters is 1. The summed E-state index contributed by atoms with van der Waals surface area (Å²) in [6.45, 7) is 8.21. The number of piperidine rings is 1. The van der Waals surface area contributed by atoms with E-state index in [1.807, 2.05) is 26.8 Å². The number of benzene rings is 2. The predicted octanol–water partition coefficient (Wildman–Crippen LogP) is 5.27. The van der Waals surface area contributed by atoms with E-state index in [-0.39, 0.29) is 23.7 Å². The second-order valence-corrected chi connectivity index (χ2v) is 10.6. The number of nitrogens with zero attached hydrogens (tertiary/aromatic N) is 2. The average molecular weight is 487 g/mol. The highest BCUT2D eigenvalue weighted by Crippen LogP contribution is 2.44. The molecule has 2 heterocycles. The van der Waals surface area contributed by atoms with Gasteiger partial charge in [0.25, 0.3) is 5.69 Å². The van der Waals surface area contributed by atoms with Gasteiger partial charge in [-0.15, -0.1) is 0 Å². The number of nitro groups is 1.